The van der Waals surface area contributed by atoms with E-state index in [9.17, 15) is 4.57 Å². The number of nitriles is 2. The first-order valence-corrected chi connectivity index (χ1v) is 7.81. The molecule has 17 heavy (non-hydrogen) atoms. The van der Waals surface area contributed by atoms with E-state index >= 15 is 0 Å². The van der Waals surface area contributed by atoms with Gasteiger partial charge in [0.15, 0.2) is 0 Å². The molecule has 0 atom stereocenters. The van der Waals surface area contributed by atoms with Crippen molar-refractivity contribution < 1.29 is 4.57 Å². The van der Waals surface area contributed by atoms with Crippen LogP contribution in [0.1, 0.15) is 18.4 Å². The van der Waals surface area contributed by atoms with Gasteiger partial charge in [0.25, 0.3) is 0 Å². The summed E-state index contributed by atoms with van der Waals surface area (Å²) in [5, 5.41) is 17.2. The van der Waals surface area contributed by atoms with Crippen LogP contribution in [-0.4, -0.2) is 12.3 Å². The minimum atomic E-state index is -2.42. The number of hydrogen-bond donors (Lipinski definition) is 0. The molecule has 0 heterocycles. The van der Waals surface area contributed by atoms with Gasteiger partial charge in [-0.15, -0.1) is 0 Å². The van der Waals surface area contributed by atoms with Gasteiger partial charge >= 0.3 is 0 Å². The molecule has 0 aliphatic heterocycles. The van der Waals surface area contributed by atoms with Gasteiger partial charge in [0.1, 0.15) is 0 Å². The predicted octanol–water partition coefficient (Wildman–Crippen LogP) is 3.38. The van der Waals surface area contributed by atoms with Crippen molar-refractivity contribution in [3.8, 4) is 12.1 Å². The Bertz CT molecular complexity index is 448. The van der Waals surface area contributed by atoms with Gasteiger partial charge in [-0.05, 0) is 5.56 Å². The maximum Gasteiger partial charge on any atom is 0.0939 e. The zero-order valence-electron chi connectivity index (χ0n) is 9.67. The van der Waals surface area contributed by atoms with E-state index in [0.717, 1.165) is 5.56 Å². The van der Waals surface area contributed by atoms with Crippen LogP contribution in [0.2, 0.25) is 0 Å². The minimum Gasteiger partial charge on any atom is -0.323 e. The van der Waals surface area contributed by atoms with Gasteiger partial charge in [0.05, 0.1) is 19.3 Å². The first-order chi connectivity index (χ1) is 8.20. The average molecular weight is 246 g/mol. The third kappa shape index (κ3) is 4.85. The molecule has 0 amide bonds. The molecule has 0 fully saturated rings. The van der Waals surface area contributed by atoms with E-state index in [-0.39, 0.29) is 0 Å². The molecular formula is C13H15N2OP. The Morgan fingerprint density at radius 2 is 1.53 bits per heavy atom. The summed E-state index contributed by atoms with van der Waals surface area (Å²) in [6.07, 6.45) is 1.93. The van der Waals surface area contributed by atoms with Crippen molar-refractivity contribution >= 4 is 7.14 Å². The first-order valence-electron chi connectivity index (χ1n) is 5.55. The van der Waals surface area contributed by atoms with Crippen LogP contribution in [0.15, 0.2) is 30.3 Å². The van der Waals surface area contributed by atoms with Crippen LogP contribution >= 0.6 is 7.14 Å². The Labute approximate surface area is 102 Å². The van der Waals surface area contributed by atoms with Crippen LogP contribution in [0.5, 0.6) is 0 Å². The summed E-state index contributed by atoms with van der Waals surface area (Å²) in [6.45, 7) is 0. The lowest BCUT2D eigenvalue weighted by atomic mass is 10.2. The molecule has 1 rings (SSSR count). The molecule has 0 saturated carbocycles. The molecule has 0 bridgehead atoms. The maximum absolute atomic E-state index is 12.6. The van der Waals surface area contributed by atoms with Crippen molar-refractivity contribution in [2.75, 3.05) is 12.3 Å². The lowest BCUT2D eigenvalue weighted by molar-refractivity contribution is 0.573. The molecule has 0 aliphatic carbocycles. The normalized spacial score (nSPS) is 10.5. The van der Waals surface area contributed by atoms with Gasteiger partial charge in [-0.1, -0.05) is 30.3 Å². The highest BCUT2D eigenvalue weighted by molar-refractivity contribution is 7.63. The third-order valence-electron chi connectivity index (χ3n) is 2.58. The molecule has 1 aromatic rings. The second-order valence-corrected chi connectivity index (χ2v) is 7.29. The van der Waals surface area contributed by atoms with Crippen molar-refractivity contribution in [2.24, 2.45) is 0 Å². The molecule has 4 heteroatoms. The summed E-state index contributed by atoms with van der Waals surface area (Å²) in [5.41, 5.74) is 1.02. The van der Waals surface area contributed by atoms with Crippen molar-refractivity contribution in [1.82, 2.24) is 0 Å². The Morgan fingerprint density at radius 3 is 2.00 bits per heavy atom. The topological polar surface area (TPSA) is 64.7 Å². The minimum absolute atomic E-state index is 0.301. The van der Waals surface area contributed by atoms with Crippen LogP contribution in [0.4, 0.5) is 0 Å². The summed E-state index contributed by atoms with van der Waals surface area (Å²) < 4.78 is 12.6. The number of nitrogens with zero attached hydrogens (tertiary/aromatic N) is 2. The molecule has 0 unspecified atom stereocenters. The second-order valence-electron chi connectivity index (χ2n) is 3.97. The summed E-state index contributed by atoms with van der Waals surface area (Å²) in [7, 11) is -2.42. The fraction of sp³-hybridized carbons (Fsp3) is 0.385. The van der Waals surface area contributed by atoms with E-state index in [4.69, 9.17) is 10.5 Å². The molecule has 1 aromatic carbocycles. The molecule has 0 aromatic heterocycles. The van der Waals surface area contributed by atoms with Crippen molar-refractivity contribution in [2.45, 2.75) is 19.0 Å². The average Bonchev–Trinajstić information content (AvgIpc) is 2.35. The van der Waals surface area contributed by atoms with Crippen molar-refractivity contribution in [3.63, 3.8) is 0 Å². The van der Waals surface area contributed by atoms with E-state index < -0.39 is 7.14 Å². The fourth-order valence-electron chi connectivity index (χ4n) is 1.69. The maximum atomic E-state index is 12.6. The van der Waals surface area contributed by atoms with Crippen LogP contribution in [-0.2, 0) is 10.7 Å². The first kappa shape index (κ1) is 13.5. The lowest BCUT2D eigenvalue weighted by Gasteiger charge is -2.15. The molecule has 88 valence electrons. The highest BCUT2D eigenvalue weighted by atomic mass is 31.2. The standard InChI is InChI=1S/C13H15N2OP/c14-8-4-10-17(16,11-5-9-15)12-13-6-2-1-3-7-13/h1-3,6-7H,4-5,10-12H2. The van der Waals surface area contributed by atoms with Crippen molar-refractivity contribution in [3.05, 3.63) is 35.9 Å². The monoisotopic (exact) mass is 246 g/mol. The van der Waals surface area contributed by atoms with Crippen LogP contribution in [0, 0.1) is 22.7 Å². The van der Waals surface area contributed by atoms with Gasteiger partial charge in [-0.3, -0.25) is 0 Å². The molecule has 0 saturated heterocycles. The lowest BCUT2D eigenvalue weighted by Crippen LogP contribution is -1.98. The molecule has 3 nitrogen and oxygen atoms in total. The Hall–Kier alpha value is -1.57. The molecule has 0 radical (unpaired) electrons. The van der Waals surface area contributed by atoms with E-state index in [0.29, 0.717) is 31.3 Å². The van der Waals surface area contributed by atoms with E-state index in [1.165, 1.54) is 0 Å². The van der Waals surface area contributed by atoms with Gasteiger partial charge in [0, 0.05) is 31.3 Å². The summed E-state index contributed by atoms with van der Waals surface area (Å²) in [4.78, 5) is 0. The van der Waals surface area contributed by atoms with Crippen LogP contribution in [0.3, 0.4) is 0 Å². The number of benzene rings is 1. The SMILES string of the molecule is N#CCCP(=O)(CCC#N)Cc1ccccc1. The summed E-state index contributed by atoms with van der Waals surface area (Å²) in [6, 6.07) is 13.7. The Morgan fingerprint density at radius 1 is 1.00 bits per heavy atom. The smallest absolute Gasteiger partial charge is 0.0939 e. The molecule has 0 N–H and O–H groups in total. The number of hydrogen-bond acceptors (Lipinski definition) is 3. The van der Waals surface area contributed by atoms with Crippen LogP contribution in [0.25, 0.3) is 0 Å². The Kier molecular flexibility index (Phi) is 5.47. The van der Waals surface area contributed by atoms with Crippen LogP contribution < -0.4 is 0 Å². The van der Waals surface area contributed by atoms with E-state index in [1.807, 2.05) is 42.5 Å². The summed E-state index contributed by atoms with van der Waals surface area (Å²) in [5.74, 6) is 0. The van der Waals surface area contributed by atoms with Gasteiger partial charge in [-0.2, -0.15) is 10.5 Å². The molecule has 0 aliphatic rings. The quantitative estimate of drug-likeness (QED) is 0.723. The zero-order chi connectivity index (χ0) is 12.6. The second kappa shape index (κ2) is 6.89. The predicted molar refractivity (Wildman–Crippen MR) is 67.9 cm³/mol. The zero-order valence-corrected chi connectivity index (χ0v) is 10.6. The van der Waals surface area contributed by atoms with Gasteiger partial charge < -0.3 is 4.57 Å². The van der Waals surface area contributed by atoms with Crippen molar-refractivity contribution in [1.29, 1.82) is 10.5 Å². The Balaban J connectivity index is 2.74. The molecular weight excluding hydrogens is 231 g/mol. The highest BCUT2D eigenvalue weighted by Crippen LogP contribution is 2.49. The van der Waals surface area contributed by atoms with Gasteiger partial charge in [0.2, 0.25) is 0 Å². The highest BCUT2D eigenvalue weighted by Gasteiger charge is 2.21. The van der Waals surface area contributed by atoms with E-state index in [1.54, 1.807) is 0 Å². The largest absolute Gasteiger partial charge is 0.323 e. The molecule has 0 spiro atoms. The number of rotatable bonds is 6. The van der Waals surface area contributed by atoms with Gasteiger partial charge in [-0.25, -0.2) is 0 Å². The summed E-state index contributed by atoms with van der Waals surface area (Å²) >= 11 is 0. The third-order valence-corrected chi connectivity index (χ3v) is 5.59. The fourth-order valence-corrected chi connectivity index (χ4v) is 4.12. The van der Waals surface area contributed by atoms with E-state index in [2.05, 4.69) is 0 Å².